The van der Waals surface area contributed by atoms with Crippen LogP contribution < -0.4 is 10.6 Å². The Bertz CT molecular complexity index is 977. The Morgan fingerprint density at radius 1 is 1.06 bits per heavy atom. The largest absolute Gasteiger partial charge is 0.385 e. The third-order valence-electron chi connectivity index (χ3n) is 6.35. The van der Waals surface area contributed by atoms with E-state index >= 15 is 0 Å². The van der Waals surface area contributed by atoms with Gasteiger partial charge in [0.05, 0.1) is 5.56 Å². The molecule has 0 aromatic heterocycles. The maximum Gasteiger partial charge on any atom is 0.254 e. The van der Waals surface area contributed by atoms with Gasteiger partial charge in [0.25, 0.3) is 5.91 Å². The number of ether oxygens (including phenoxy) is 1. The highest BCUT2D eigenvalue weighted by molar-refractivity contribution is 5.97. The van der Waals surface area contributed by atoms with Crippen LogP contribution in [-0.2, 0) is 20.7 Å². The molecule has 1 aliphatic rings. The number of carbonyl (C=O) groups is 3. The number of nitrogens with one attached hydrogen (secondary N) is 2. The van der Waals surface area contributed by atoms with Crippen LogP contribution in [0.15, 0.2) is 54.6 Å². The zero-order valence-corrected chi connectivity index (χ0v) is 20.2. The van der Waals surface area contributed by atoms with Crippen LogP contribution in [0, 0.1) is 11.7 Å². The van der Waals surface area contributed by atoms with Gasteiger partial charge in [0.2, 0.25) is 11.8 Å². The van der Waals surface area contributed by atoms with Crippen molar-refractivity contribution in [2.75, 3.05) is 33.4 Å². The summed E-state index contributed by atoms with van der Waals surface area (Å²) in [4.78, 5) is 40.3. The number of carbonyl (C=O) groups excluding carboxylic acids is 3. The van der Waals surface area contributed by atoms with Gasteiger partial charge in [-0.3, -0.25) is 14.4 Å². The Kier molecular flexibility index (Phi) is 10.2. The molecule has 0 aliphatic carbocycles. The number of likely N-dealkylation sites (tertiary alicyclic amines) is 1. The Balaban J connectivity index is 1.59. The molecular formula is C27H34FN3O4. The number of methoxy groups -OCH3 is 1. The molecule has 35 heavy (non-hydrogen) atoms. The fourth-order valence-electron chi connectivity index (χ4n) is 4.34. The van der Waals surface area contributed by atoms with E-state index in [9.17, 15) is 18.8 Å². The van der Waals surface area contributed by atoms with Crippen molar-refractivity contribution in [3.63, 3.8) is 0 Å². The van der Waals surface area contributed by atoms with E-state index in [-0.39, 0.29) is 23.3 Å². The van der Waals surface area contributed by atoms with E-state index in [4.69, 9.17) is 4.74 Å². The molecule has 0 radical (unpaired) electrons. The van der Waals surface area contributed by atoms with Gasteiger partial charge in [-0.25, -0.2) is 4.39 Å². The van der Waals surface area contributed by atoms with Crippen LogP contribution in [-0.4, -0.2) is 62.0 Å². The van der Waals surface area contributed by atoms with Crippen molar-refractivity contribution in [3.8, 4) is 0 Å². The lowest BCUT2D eigenvalue weighted by molar-refractivity contribution is -0.133. The second-order valence-corrected chi connectivity index (χ2v) is 8.77. The standard InChI is InChI=1S/C27H34FN3O4/c1-35-19-7-16-29-27(34)25(30-26(33)22-10-5-6-11-23(22)28)21-14-17-31(18-15-21)24(32)13-12-20-8-3-2-4-9-20/h2-6,8-11,21,25H,7,12-19H2,1H3,(H,29,34)(H,30,33). The minimum absolute atomic E-state index is 0.0864. The van der Waals surface area contributed by atoms with Gasteiger partial charge in [0, 0.05) is 39.8 Å². The minimum atomic E-state index is -0.814. The maximum atomic E-state index is 14.1. The van der Waals surface area contributed by atoms with E-state index in [2.05, 4.69) is 10.6 Å². The average Bonchev–Trinajstić information content (AvgIpc) is 2.89. The van der Waals surface area contributed by atoms with Gasteiger partial charge in [-0.05, 0) is 49.3 Å². The molecule has 0 spiro atoms. The van der Waals surface area contributed by atoms with Crippen molar-refractivity contribution in [1.29, 1.82) is 0 Å². The lowest BCUT2D eigenvalue weighted by Gasteiger charge is -2.36. The molecule has 0 bridgehead atoms. The Morgan fingerprint density at radius 3 is 2.43 bits per heavy atom. The minimum Gasteiger partial charge on any atom is -0.385 e. The van der Waals surface area contributed by atoms with Crippen molar-refractivity contribution in [1.82, 2.24) is 15.5 Å². The van der Waals surface area contributed by atoms with Gasteiger partial charge in [-0.15, -0.1) is 0 Å². The quantitative estimate of drug-likeness (QED) is 0.481. The van der Waals surface area contributed by atoms with E-state index in [1.165, 1.54) is 18.2 Å². The summed E-state index contributed by atoms with van der Waals surface area (Å²) in [6.45, 7) is 1.95. The van der Waals surface area contributed by atoms with Gasteiger partial charge in [-0.1, -0.05) is 42.5 Å². The molecule has 0 saturated carbocycles. The second kappa shape index (κ2) is 13.6. The first-order valence-corrected chi connectivity index (χ1v) is 12.1. The summed E-state index contributed by atoms with van der Waals surface area (Å²) in [6.07, 6.45) is 2.91. The molecule has 1 atom stereocenters. The number of hydrogen-bond donors (Lipinski definition) is 2. The molecule has 2 aromatic rings. The topological polar surface area (TPSA) is 87.7 Å². The summed E-state index contributed by atoms with van der Waals surface area (Å²) in [7, 11) is 1.59. The first-order chi connectivity index (χ1) is 17.0. The number of nitrogens with zero attached hydrogens (tertiary/aromatic N) is 1. The number of amides is 3. The summed E-state index contributed by atoms with van der Waals surface area (Å²) < 4.78 is 19.2. The molecule has 2 N–H and O–H groups in total. The highest BCUT2D eigenvalue weighted by atomic mass is 19.1. The molecule has 8 heteroatoms. The Morgan fingerprint density at radius 2 is 1.74 bits per heavy atom. The maximum absolute atomic E-state index is 14.1. The molecule has 2 aromatic carbocycles. The van der Waals surface area contributed by atoms with E-state index in [0.717, 1.165) is 5.56 Å². The van der Waals surface area contributed by atoms with E-state index in [0.29, 0.717) is 58.3 Å². The zero-order chi connectivity index (χ0) is 25.0. The first kappa shape index (κ1) is 26.3. The molecule has 1 saturated heterocycles. The van der Waals surface area contributed by atoms with Crippen LogP contribution in [0.25, 0.3) is 0 Å². The van der Waals surface area contributed by atoms with Gasteiger partial charge in [0.1, 0.15) is 11.9 Å². The molecule has 3 amide bonds. The van der Waals surface area contributed by atoms with Crippen LogP contribution in [0.3, 0.4) is 0 Å². The number of hydrogen-bond acceptors (Lipinski definition) is 4. The highest BCUT2D eigenvalue weighted by Crippen LogP contribution is 2.23. The first-order valence-electron chi connectivity index (χ1n) is 12.1. The molecule has 1 heterocycles. The van der Waals surface area contributed by atoms with Crippen LogP contribution in [0.2, 0.25) is 0 Å². The third kappa shape index (κ3) is 7.89. The lowest BCUT2D eigenvalue weighted by atomic mass is 9.88. The predicted molar refractivity (Wildman–Crippen MR) is 131 cm³/mol. The normalized spacial score (nSPS) is 14.9. The summed E-state index contributed by atoms with van der Waals surface area (Å²) in [5, 5.41) is 5.60. The molecule has 1 fully saturated rings. The van der Waals surface area contributed by atoms with E-state index in [1.807, 2.05) is 35.2 Å². The van der Waals surface area contributed by atoms with Crippen LogP contribution in [0.5, 0.6) is 0 Å². The van der Waals surface area contributed by atoms with Crippen molar-refractivity contribution in [2.45, 2.75) is 38.1 Å². The fourth-order valence-corrected chi connectivity index (χ4v) is 4.34. The molecule has 1 unspecified atom stereocenters. The number of rotatable bonds is 11. The van der Waals surface area contributed by atoms with Crippen molar-refractivity contribution < 1.29 is 23.5 Å². The number of piperidine rings is 1. The average molecular weight is 484 g/mol. The van der Waals surface area contributed by atoms with Gasteiger partial charge in [-0.2, -0.15) is 0 Å². The zero-order valence-electron chi connectivity index (χ0n) is 20.2. The molecule has 3 rings (SSSR count). The number of aryl methyl sites for hydroxylation is 1. The Labute approximate surface area is 206 Å². The summed E-state index contributed by atoms with van der Waals surface area (Å²) in [5.41, 5.74) is 1.02. The smallest absolute Gasteiger partial charge is 0.254 e. The summed E-state index contributed by atoms with van der Waals surface area (Å²) in [5.74, 6) is -1.64. The lowest BCUT2D eigenvalue weighted by Crippen LogP contribution is -2.54. The van der Waals surface area contributed by atoms with Gasteiger partial charge in [0.15, 0.2) is 0 Å². The van der Waals surface area contributed by atoms with Gasteiger partial charge < -0.3 is 20.3 Å². The van der Waals surface area contributed by atoms with E-state index < -0.39 is 17.8 Å². The second-order valence-electron chi connectivity index (χ2n) is 8.77. The molecule has 7 nitrogen and oxygen atoms in total. The number of halogens is 1. The van der Waals surface area contributed by atoms with E-state index in [1.54, 1.807) is 13.2 Å². The molecular weight excluding hydrogens is 449 g/mol. The third-order valence-corrected chi connectivity index (χ3v) is 6.35. The molecule has 1 aliphatic heterocycles. The Hall–Kier alpha value is -3.26. The summed E-state index contributed by atoms with van der Waals surface area (Å²) >= 11 is 0. The van der Waals surface area contributed by atoms with Crippen LogP contribution in [0.1, 0.15) is 41.6 Å². The monoisotopic (exact) mass is 483 g/mol. The van der Waals surface area contributed by atoms with Crippen molar-refractivity contribution in [2.24, 2.45) is 5.92 Å². The van der Waals surface area contributed by atoms with Crippen LogP contribution in [0.4, 0.5) is 4.39 Å². The summed E-state index contributed by atoms with van der Waals surface area (Å²) in [6, 6.07) is 14.8. The predicted octanol–water partition coefficient (Wildman–Crippen LogP) is 2.95. The highest BCUT2D eigenvalue weighted by Gasteiger charge is 2.34. The SMILES string of the molecule is COCCCNC(=O)C(NC(=O)c1ccccc1F)C1CCN(C(=O)CCc2ccccc2)CC1. The number of benzene rings is 2. The fraction of sp³-hybridized carbons (Fsp3) is 0.444. The van der Waals surface area contributed by atoms with Gasteiger partial charge >= 0.3 is 0 Å². The van der Waals surface area contributed by atoms with Crippen LogP contribution >= 0.6 is 0 Å². The van der Waals surface area contributed by atoms with Crippen molar-refractivity contribution >= 4 is 17.7 Å². The van der Waals surface area contributed by atoms with Crippen molar-refractivity contribution in [3.05, 3.63) is 71.5 Å². The molecule has 188 valence electrons.